The van der Waals surface area contributed by atoms with E-state index in [9.17, 15) is 0 Å². The molecule has 2 rings (SSSR count). The highest BCUT2D eigenvalue weighted by Crippen LogP contribution is 2.47. The van der Waals surface area contributed by atoms with Gasteiger partial charge >= 0.3 is 0 Å². The minimum absolute atomic E-state index is 0.368. The molecule has 0 radical (unpaired) electrons. The van der Waals surface area contributed by atoms with E-state index >= 15 is 0 Å². The van der Waals surface area contributed by atoms with Gasteiger partial charge in [0.2, 0.25) is 0 Å². The highest BCUT2D eigenvalue weighted by atomic mass is 16.5. The summed E-state index contributed by atoms with van der Waals surface area (Å²) in [7, 11) is 1.81. The molecule has 2 fully saturated rings. The molecule has 17 heavy (non-hydrogen) atoms. The fourth-order valence-corrected chi connectivity index (χ4v) is 2.77. The van der Waals surface area contributed by atoms with Crippen molar-refractivity contribution in [2.75, 3.05) is 40.0 Å². The van der Waals surface area contributed by atoms with Crippen LogP contribution in [0, 0.1) is 11.3 Å². The van der Waals surface area contributed by atoms with Crippen LogP contribution >= 0.6 is 0 Å². The Morgan fingerprint density at radius 1 is 1.35 bits per heavy atom. The van der Waals surface area contributed by atoms with Crippen molar-refractivity contribution in [3.63, 3.8) is 0 Å². The van der Waals surface area contributed by atoms with Gasteiger partial charge in [0.1, 0.15) is 0 Å². The topological polar surface area (TPSA) is 21.7 Å². The summed E-state index contributed by atoms with van der Waals surface area (Å²) in [5.41, 5.74) is 0.492. The lowest BCUT2D eigenvalue weighted by atomic mass is 10.1. The Labute approximate surface area is 105 Å². The molecule has 1 aliphatic carbocycles. The van der Waals surface area contributed by atoms with Crippen molar-refractivity contribution in [2.24, 2.45) is 11.3 Å². The van der Waals surface area contributed by atoms with E-state index in [1.54, 1.807) is 0 Å². The van der Waals surface area contributed by atoms with Crippen LogP contribution in [0.1, 0.15) is 33.1 Å². The van der Waals surface area contributed by atoms with Gasteiger partial charge in [-0.05, 0) is 45.6 Å². The lowest BCUT2D eigenvalue weighted by Gasteiger charge is -2.24. The summed E-state index contributed by atoms with van der Waals surface area (Å²) in [5, 5.41) is 0. The standard InChI is InChI=1S/C14H27NO2/c1-12(2)17-11-14(5-6-14)10-15-7-4-13(8-15)9-16-3/h12-13H,4-11H2,1-3H3/t13-/m1/s1. The third-order valence-corrected chi connectivity index (χ3v) is 4.01. The van der Waals surface area contributed by atoms with E-state index < -0.39 is 0 Å². The smallest absolute Gasteiger partial charge is 0.0538 e. The number of methoxy groups -OCH3 is 1. The van der Waals surface area contributed by atoms with Gasteiger partial charge in [-0.2, -0.15) is 0 Å². The Morgan fingerprint density at radius 3 is 2.71 bits per heavy atom. The lowest BCUT2D eigenvalue weighted by molar-refractivity contribution is 0.0327. The molecule has 0 amide bonds. The van der Waals surface area contributed by atoms with E-state index in [1.165, 1.54) is 38.9 Å². The van der Waals surface area contributed by atoms with Crippen LogP contribution in [0.5, 0.6) is 0 Å². The van der Waals surface area contributed by atoms with Gasteiger partial charge in [-0.3, -0.25) is 0 Å². The molecule has 2 aliphatic rings. The number of likely N-dealkylation sites (tertiary alicyclic amines) is 1. The zero-order valence-electron chi connectivity index (χ0n) is 11.6. The maximum absolute atomic E-state index is 5.80. The van der Waals surface area contributed by atoms with E-state index in [-0.39, 0.29) is 0 Å². The summed E-state index contributed by atoms with van der Waals surface area (Å²) in [6.07, 6.45) is 4.37. The zero-order chi connectivity index (χ0) is 12.3. The van der Waals surface area contributed by atoms with Crippen molar-refractivity contribution in [2.45, 2.75) is 39.2 Å². The van der Waals surface area contributed by atoms with Crippen LogP contribution in [-0.4, -0.2) is 51.0 Å². The summed E-state index contributed by atoms with van der Waals surface area (Å²) >= 11 is 0. The highest BCUT2D eigenvalue weighted by Gasteiger charge is 2.45. The second-order valence-corrected chi connectivity index (χ2v) is 6.20. The zero-order valence-corrected chi connectivity index (χ0v) is 11.6. The second-order valence-electron chi connectivity index (χ2n) is 6.20. The van der Waals surface area contributed by atoms with Crippen molar-refractivity contribution in [1.29, 1.82) is 0 Å². The molecular weight excluding hydrogens is 214 g/mol. The predicted octanol–water partition coefficient (Wildman–Crippen LogP) is 2.16. The van der Waals surface area contributed by atoms with Gasteiger partial charge < -0.3 is 14.4 Å². The largest absolute Gasteiger partial charge is 0.384 e. The van der Waals surface area contributed by atoms with Crippen molar-refractivity contribution >= 4 is 0 Å². The first kappa shape index (κ1) is 13.3. The SMILES string of the molecule is COC[C@@H]1CCN(CC2(COC(C)C)CC2)C1. The summed E-state index contributed by atoms with van der Waals surface area (Å²) in [4.78, 5) is 2.61. The van der Waals surface area contributed by atoms with Gasteiger partial charge in [-0.1, -0.05) is 0 Å². The fourth-order valence-electron chi connectivity index (χ4n) is 2.77. The first-order chi connectivity index (χ1) is 8.13. The van der Waals surface area contributed by atoms with Gasteiger partial charge in [-0.15, -0.1) is 0 Å². The molecule has 1 aliphatic heterocycles. The Morgan fingerprint density at radius 2 is 2.12 bits per heavy atom. The third kappa shape index (κ3) is 3.94. The molecular formula is C14H27NO2. The quantitative estimate of drug-likeness (QED) is 0.682. The monoisotopic (exact) mass is 241 g/mol. The molecule has 1 atom stereocenters. The minimum atomic E-state index is 0.368. The van der Waals surface area contributed by atoms with Crippen LogP contribution in [0.15, 0.2) is 0 Å². The van der Waals surface area contributed by atoms with E-state index in [2.05, 4.69) is 18.7 Å². The Bertz CT molecular complexity index is 238. The van der Waals surface area contributed by atoms with Crippen LogP contribution in [-0.2, 0) is 9.47 Å². The summed E-state index contributed by atoms with van der Waals surface area (Å²) in [6, 6.07) is 0. The van der Waals surface area contributed by atoms with E-state index in [0.29, 0.717) is 11.5 Å². The van der Waals surface area contributed by atoms with Crippen molar-refractivity contribution in [1.82, 2.24) is 4.90 Å². The van der Waals surface area contributed by atoms with Gasteiger partial charge in [0.05, 0.1) is 19.3 Å². The molecule has 3 nitrogen and oxygen atoms in total. The Balaban J connectivity index is 1.70. The molecule has 0 spiro atoms. The van der Waals surface area contributed by atoms with Crippen molar-refractivity contribution < 1.29 is 9.47 Å². The summed E-state index contributed by atoms with van der Waals surface area (Å²) in [6.45, 7) is 9.83. The van der Waals surface area contributed by atoms with Gasteiger partial charge in [0.25, 0.3) is 0 Å². The Kier molecular flexibility index (Phi) is 4.45. The molecule has 0 aromatic heterocycles. The van der Waals surface area contributed by atoms with Crippen molar-refractivity contribution in [3.05, 3.63) is 0 Å². The molecule has 1 saturated heterocycles. The average Bonchev–Trinajstić information content (AvgIpc) is 2.90. The number of hydrogen-bond donors (Lipinski definition) is 0. The second kappa shape index (κ2) is 5.68. The summed E-state index contributed by atoms with van der Waals surface area (Å²) < 4.78 is 11.0. The molecule has 0 unspecified atom stereocenters. The molecule has 0 bridgehead atoms. The van der Waals surface area contributed by atoms with Crippen LogP contribution in [0.25, 0.3) is 0 Å². The first-order valence-electron chi connectivity index (χ1n) is 6.96. The van der Waals surface area contributed by atoms with Crippen LogP contribution in [0.2, 0.25) is 0 Å². The number of ether oxygens (including phenoxy) is 2. The predicted molar refractivity (Wildman–Crippen MR) is 69.2 cm³/mol. The van der Waals surface area contributed by atoms with E-state index in [1.807, 2.05) is 7.11 Å². The van der Waals surface area contributed by atoms with Gasteiger partial charge in [-0.25, -0.2) is 0 Å². The van der Waals surface area contributed by atoms with Crippen LogP contribution in [0.3, 0.4) is 0 Å². The number of hydrogen-bond acceptors (Lipinski definition) is 3. The van der Waals surface area contributed by atoms with Gasteiger partial charge in [0.15, 0.2) is 0 Å². The maximum atomic E-state index is 5.80. The van der Waals surface area contributed by atoms with Crippen molar-refractivity contribution in [3.8, 4) is 0 Å². The average molecular weight is 241 g/mol. The molecule has 100 valence electrons. The fraction of sp³-hybridized carbons (Fsp3) is 1.00. The number of rotatable bonds is 7. The molecule has 1 saturated carbocycles. The molecule has 0 N–H and O–H groups in total. The normalized spacial score (nSPS) is 27.9. The Hall–Kier alpha value is -0.120. The summed E-state index contributed by atoms with van der Waals surface area (Å²) in [5.74, 6) is 0.752. The van der Waals surface area contributed by atoms with E-state index in [0.717, 1.165) is 19.1 Å². The molecule has 1 heterocycles. The highest BCUT2D eigenvalue weighted by molar-refractivity contribution is 4.96. The minimum Gasteiger partial charge on any atom is -0.384 e. The van der Waals surface area contributed by atoms with Gasteiger partial charge in [0, 0.05) is 25.6 Å². The third-order valence-electron chi connectivity index (χ3n) is 4.01. The first-order valence-corrected chi connectivity index (χ1v) is 6.96. The molecule has 3 heteroatoms. The van der Waals surface area contributed by atoms with E-state index in [4.69, 9.17) is 9.47 Å². The lowest BCUT2D eigenvalue weighted by Crippen LogP contribution is -2.32. The maximum Gasteiger partial charge on any atom is 0.0538 e. The molecule has 0 aromatic rings. The molecule has 0 aromatic carbocycles. The van der Waals surface area contributed by atoms with Crippen LogP contribution < -0.4 is 0 Å². The van der Waals surface area contributed by atoms with Crippen LogP contribution in [0.4, 0.5) is 0 Å². The number of nitrogens with zero attached hydrogens (tertiary/aromatic N) is 1.